The van der Waals surface area contributed by atoms with Gasteiger partial charge in [-0.05, 0) is 151 Å². The van der Waals surface area contributed by atoms with Crippen molar-refractivity contribution in [2.75, 3.05) is 86.9 Å². The second-order valence-corrected chi connectivity index (χ2v) is 34.0. The van der Waals surface area contributed by atoms with Crippen LogP contribution in [0.2, 0.25) is 0 Å². The summed E-state index contributed by atoms with van der Waals surface area (Å²) in [4.78, 5) is 13.6. The molecule has 6 rings (SSSR count). The van der Waals surface area contributed by atoms with Crippen molar-refractivity contribution in [3.63, 3.8) is 0 Å². The molecular formula is C65H130Cl6N12S6. The maximum atomic E-state index is 6.16. The van der Waals surface area contributed by atoms with E-state index in [1.165, 1.54) is 144 Å². The number of hydrogen-bond donors (Lipinski definition) is 12. The highest BCUT2D eigenvalue weighted by atomic mass is 35.5. The van der Waals surface area contributed by atoms with Gasteiger partial charge in [0.15, 0.2) is 11.4 Å². The molecule has 6 saturated carbocycles. The van der Waals surface area contributed by atoms with Crippen LogP contribution in [0.5, 0.6) is 0 Å². The number of thioether (sulfide) groups is 6. The summed E-state index contributed by atoms with van der Waals surface area (Å²) >= 11 is 12.7. The highest BCUT2D eigenvalue weighted by Gasteiger charge is 2.30. The van der Waals surface area contributed by atoms with Gasteiger partial charge in [-0.25, -0.2) is 0 Å². The maximum absolute atomic E-state index is 6.16. The van der Waals surface area contributed by atoms with E-state index in [2.05, 4.69) is 143 Å². The van der Waals surface area contributed by atoms with Gasteiger partial charge in [-0.3, -0.25) is 53.7 Å². The van der Waals surface area contributed by atoms with Gasteiger partial charge in [0, 0.05) is 118 Å². The zero-order valence-corrected chi connectivity index (χ0v) is 65.5. The van der Waals surface area contributed by atoms with Crippen molar-refractivity contribution in [2.45, 2.75) is 246 Å². The van der Waals surface area contributed by atoms with Gasteiger partial charge in [-0.15, -0.1) is 0 Å². The summed E-state index contributed by atoms with van der Waals surface area (Å²) in [7, 11) is 0. The second-order valence-electron chi connectivity index (χ2n) is 25.9. The average Bonchev–Trinajstić information content (AvgIpc) is 3.58. The van der Waals surface area contributed by atoms with Crippen molar-refractivity contribution < 1.29 is 105 Å². The third-order valence-electron chi connectivity index (χ3n) is 18.6. The molecule has 0 aromatic rings. The third-order valence-corrected chi connectivity index (χ3v) is 28.0. The Labute approximate surface area is 607 Å². The fourth-order valence-corrected chi connectivity index (χ4v) is 18.9. The fraction of sp³-hybridized carbons (Fsp3) is 0.908. The lowest BCUT2D eigenvalue weighted by Crippen LogP contribution is -3.00. The van der Waals surface area contributed by atoms with Gasteiger partial charge in [-0.2, -0.15) is 70.6 Å². The molecule has 6 fully saturated rings. The van der Waals surface area contributed by atoms with Crippen molar-refractivity contribution in [1.29, 1.82) is 0 Å². The predicted molar refractivity (Wildman–Crippen MR) is 377 cm³/mol. The largest absolute Gasteiger partial charge is 1.00 e. The Bertz CT molecular complexity index is 1850. The van der Waals surface area contributed by atoms with Crippen LogP contribution in [0.25, 0.3) is 0 Å². The van der Waals surface area contributed by atoms with Crippen LogP contribution in [0, 0.1) is 35.5 Å². The van der Waals surface area contributed by atoms with Gasteiger partial charge in [0.05, 0.1) is 39.3 Å². The number of halogens is 6. The summed E-state index contributed by atoms with van der Waals surface area (Å²) in [5, 5.41) is 24.7. The second kappa shape index (κ2) is 59.1. The van der Waals surface area contributed by atoms with Crippen molar-refractivity contribution >= 4 is 105 Å². The molecule has 0 heterocycles. The molecule has 0 bridgehead atoms. The van der Waals surface area contributed by atoms with Crippen molar-refractivity contribution in [2.24, 2.45) is 58.4 Å². The van der Waals surface area contributed by atoms with Gasteiger partial charge in [0.2, 0.25) is 23.3 Å². The fourth-order valence-electron chi connectivity index (χ4n) is 11.1. The minimum Gasteiger partial charge on any atom is -1.00 e. The Morgan fingerprint density at radius 1 is 0.315 bits per heavy atom. The van der Waals surface area contributed by atoms with E-state index in [1.807, 2.05) is 0 Å². The van der Waals surface area contributed by atoms with Gasteiger partial charge in [0.1, 0.15) is 0 Å². The van der Waals surface area contributed by atoms with Gasteiger partial charge in [0.25, 0.3) is 0 Å². The molecule has 6 aliphatic rings. The highest BCUT2D eigenvalue weighted by Crippen LogP contribution is 2.40. The molecule has 12 nitrogen and oxygen atoms in total. The van der Waals surface area contributed by atoms with E-state index in [4.69, 9.17) is 33.8 Å². The Balaban J connectivity index is -0.00000121. The van der Waals surface area contributed by atoms with Crippen molar-refractivity contribution in [3.05, 3.63) is 0 Å². The molecule has 12 atom stereocenters. The number of hydrogen-bond acceptors (Lipinski definition) is 8. The van der Waals surface area contributed by atoms with Crippen LogP contribution in [0.4, 0.5) is 0 Å². The predicted octanol–water partition coefficient (Wildman–Crippen LogP) is -14.6. The van der Waals surface area contributed by atoms with Crippen molar-refractivity contribution in [1.82, 2.24) is 10.6 Å². The van der Waals surface area contributed by atoms with Crippen LogP contribution in [0.3, 0.4) is 0 Å². The minimum absolute atomic E-state index is 0. The molecule has 0 aliphatic heterocycles. The lowest BCUT2D eigenvalue weighted by molar-refractivity contribution is -0.454. The van der Waals surface area contributed by atoms with E-state index in [-0.39, 0.29) is 74.4 Å². The molecule has 12 unspecified atom stereocenters. The first-order chi connectivity index (χ1) is 40.2. The molecule has 18 N–H and O–H groups in total. The van der Waals surface area contributed by atoms with Crippen LogP contribution >= 0.6 is 70.6 Å². The van der Waals surface area contributed by atoms with E-state index < -0.39 is 0 Å². The third kappa shape index (κ3) is 44.5. The minimum atomic E-state index is 0. The number of amidine groups is 4. The van der Waals surface area contributed by atoms with Crippen LogP contribution < -0.4 is 139 Å². The molecule has 0 aromatic carbocycles. The van der Waals surface area contributed by atoms with E-state index in [0.29, 0.717) is 0 Å². The summed E-state index contributed by atoms with van der Waals surface area (Å²) in [5.74, 6) is 16.5. The quantitative estimate of drug-likeness (QED) is 0.0155. The SMILES string of the molecule is CC1CCC1SCCNCC(=[NH2+])CCCCC(N)=[NH+]CCSC1CCC1C.CC1CCC1SCCNCC(=[NH2+])CCCCCCC(N)=[NH+]CCSC1CCC1C.CC1CCC1SCC[NH+]=C(N)CCCCCC(N)=[NH+]CCSC1CCC1C.[Cl-].[Cl-].[Cl-].[Cl-].[Cl-].[Cl-]. The van der Waals surface area contributed by atoms with Crippen LogP contribution in [0.1, 0.15) is 215 Å². The smallest absolute Gasteiger partial charge is 0.240 e. The Morgan fingerprint density at radius 2 is 0.517 bits per heavy atom. The van der Waals surface area contributed by atoms with E-state index in [0.717, 1.165) is 218 Å². The topological polar surface area (TPSA) is 235 Å². The molecule has 0 radical (unpaired) electrons. The van der Waals surface area contributed by atoms with E-state index in [9.17, 15) is 0 Å². The highest BCUT2D eigenvalue weighted by molar-refractivity contribution is 8.01. The van der Waals surface area contributed by atoms with Crippen LogP contribution in [0.15, 0.2) is 0 Å². The number of nitrogens with one attached hydrogen (secondary N) is 6. The van der Waals surface area contributed by atoms with Crippen molar-refractivity contribution in [3.8, 4) is 0 Å². The first-order valence-corrected chi connectivity index (χ1v) is 40.2. The average molecular weight is 1480 g/mol. The van der Waals surface area contributed by atoms with Crippen LogP contribution in [-0.4, -0.2) is 153 Å². The summed E-state index contributed by atoms with van der Waals surface area (Å²) in [6, 6.07) is 0. The lowest BCUT2D eigenvalue weighted by atomic mass is 9.87. The number of rotatable bonds is 46. The first kappa shape index (κ1) is 94.2. The van der Waals surface area contributed by atoms with Crippen LogP contribution in [-0.2, 0) is 0 Å². The Hall–Kier alpha value is 0.980. The molecule has 6 aliphatic carbocycles. The number of unbranched alkanes of at least 4 members (excludes halogenated alkanes) is 6. The zero-order chi connectivity index (χ0) is 59.9. The van der Waals surface area contributed by atoms with E-state index in [1.54, 1.807) is 0 Å². The molecule has 89 heavy (non-hydrogen) atoms. The Kier molecular flexibility index (Phi) is 62.5. The lowest BCUT2D eigenvalue weighted by Gasteiger charge is -2.33. The van der Waals surface area contributed by atoms with Gasteiger partial charge < -0.3 is 85.1 Å². The van der Waals surface area contributed by atoms with Gasteiger partial charge >= 0.3 is 0 Å². The molecule has 528 valence electrons. The molecular weight excluding hydrogens is 1350 g/mol. The molecule has 0 aromatic heterocycles. The molecule has 0 saturated heterocycles. The molecule has 24 heteroatoms. The maximum Gasteiger partial charge on any atom is 0.240 e. The first-order valence-electron chi connectivity index (χ1n) is 33.9. The summed E-state index contributed by atoms with van der Waals surface area (Å²) in [6.07, 6.45) is 33.5. The Morgan fingerprint density at radius 3 is 0.742 bits per heavy atom. The normalized spacial score (nSPS) is 25.9. The van der Waals surface area contributed by atoms with Gasteiger partial charge in [-0.1, -0.05) is 60.8 Å². The molecule has 0 amide bonds. The summed E-state index contributed by atoms with van der Waals surface area (Å²) in [5.41, 5.74) is 26.6. The standard InChI is InChI=1S/C23H44N4S2.2C21H40N4S2.6ClH/c1-18-9-11-21(18)28-15-13-26-17-20(24)7-5-3-4-6-8-23(25)27-14-16-29-22-12-10-19(22)2;1-16-7-9-19(16)26-13-11-24-15-18(22)5-3-4-6-21(23)25-12-14-27-20-10-8-17(20)2;1-16-8-10-18(16)26-14-12-24-20(22)6-4-3-5-7-21(23)25-13-15-27-19-11-9-17(19)2;;;;;;/h18-19,21-22,24,26H,3-17H2,1-2H3,(H2,25,27);16-17,19-20,22,24H,3-15H2,1-2H3,(H2,23,25);16-19H,3-15H2,1-2H3,(H2,22,24)(H2,23,25);6*1H. The monoisotopic (exact) mass is 1480 g/mol. The zero-order valence-electron chi connectivity index (χ0n) is 56.1. The molecule has 0 spiro atoms. The summed E-state index contributed by atoms with van der Waals surface area (Å²) < 4.78 is 0. The van der Waals surface area contributed by atoms with E-state index >= 15 is 0 Å². The number of nitrogens with two attached hydrogens (primary N) is 6. The summed E-state index contributed by atoms with van der Waals surface area (Å²) in [6.45, 7) is 22.1.